The fraction of sp³-hybridized carbons (Fsp3) is 0.133. The first kappa shape index (κ1) is 12.7. The first-order chi connectivity index (χ1) is 9.47. The van der Waals surface area contributed by atoms with Crippen LogP contribution in [0.2, 0.25) is 0 Å². The van der Waals surface area contributed by atoms with E-state index < -0.39 is 17.7 Å². The van der Waals surface area contributed by atoms with E-state index in [-0.39, 0.29) is 5.91 Å². The number of fused-ring (bicyclic) bond motifs is 1. The third-order valence-electron chi connectivity index (χ3n) is 3.34. The maximum Gasteiger partial charge on any atom is 0.416 e. The first-order valence-electron chi connectivity index (χ1n) is 6.04. The highest BCUT2D eigenvalue weighted by Crippen LogP contribution is 2.38. The zero-order valence-electron chi connectivity index (χ0n) is 10.2. The summed E-state index contributed by atoms with van der Waals surface area (Å²) in [6.45, 7) is 0. The number of carbonyl (C=O) groups is 1. The molecular weight excluding hydrogens is 267 g/mol. The molecule has 1 amide bonds. The summed E-state index contributed by atoms with van der Waals surface area (Å²) >= 11 is 0. The van der Waals surface area contributed by atoms with Crippen LogP contribution in [-0.4, -0.2) is 5.91 Å². The molecule has 0 saturated heterocycles. The van der Waals surface area contributed by atoms with Gasteiger partial charge >= 0.3 is 6.18 Å². The van der Waals surface area contributed by atoms with Crippen LogP contribution < -0.4 is 5.32 Å². The summed E-state index contributed by atoms with van der Waals surface area (Å²) in [5.41, 5.74) is 0.964. The van der Waals surface area contributed by atoms with E-state index in [0.29, 0.717) is 16.8 Å². The maximum atomic E-state index is 12.7. The van der Waals surface area contributed by atoms with E-state index in [2.05, 4.69) is 5.32 Å². The second-order valence-corrected chi connectivity index (χ2v) is 4.63. The minimum absolute atomic E-state index is 0.300. The summed E-state index contributed by atoms with van der Waals surface area (Å²) in [6, 6.07) is 11.9. The molecule has 0 aliphatic carbocycles. The SMILES string of the molecule is O=C1Nc2ccccc2C1c1cccc(C(F)(F)F)c1. The Labute approximate surface area is 113 Å². The van der Waals surface area contributed by atoms with E-state index in [9.17, 15) is 18.0 Å². The number of carbonyl (C=O) groups excluding carboxylic acids is 1. The van der Waals surface area contributed by atoms with Crippen molar-refractivity contribution in [1.29, 1.82) is 0 Å². The molecule has 102 valence electrons. The zero-order valence-corrected chi connectivity index (χ0v) is 10.2. The number of nitrogens with one attached hydrogen (secondary N) is 1. The molecule has 2 aromatic carbocycles. The largest absolute Gasteiger partial charge is 0.416 e. The van der Waals surface area contributed by atoms with Crippen LogP contribution in [0.25, 0.3) is 0 Å². The predicted octanol–water partition coefficient (Wildman–Crippen LogP) is 3.79. The fourth-order valence-corrected chi connectivity index (χ4v) is 2.43. The molecule has 2 nitrogen and oxygen atoms in total. The van der Waals surface area contributed by atoms with Crippen molar-refractivity contribution in [3.05, 3.63) is 65.2 Å². The van der Waals surface area contributed by atoms with Crippen molar-refractivity contribution in [3.8, 4) is 0 Å². The summed E-state index contributed by atoms with van der Waals surface area (Å²) in [5, 5.41) is 2.68. The Morgan fingerprint density at radius 1 is 1.00 bits per heavy atom. The number of hydrogen-bond donors (Lipinski definition) is 1. The fourth-order valence-electron chi connectivity index (χ4n) is 2.43. The number of benzene rings is 2. The number of halogens is 3. The lowest BCUT2D eigenvalue weighted by atomic mass is 9.91. The predicted molar refractivity (Wildman–Crippen MR) is 68.4 cm³/mol. The summed E-state index contributed by atoms with van der Waals surface area (Å²) < 4.78 is 38.2. The van der Waals surface area contributed by atoms with Crippen molar-refractivity contribution in [2.75, 3.05) is 5.32 Å². The van der Waals surface area contributed by atoms with E-state index in [1.54, 1.807) is 30.3 Å². The lowest BCUT2D eigenvalue weighted by molar-refractivity contribution is -0.137. The van der Waals surface area contributed by atoms with E-state index in [0.717, 1.165) is 12.1 Å². The molecule has 1 unspecified atom stereocenters. The molecule has 1 aliphatic rings. The van der Waals surface area contributed by atoms with Gasteiger partial charge in [0.25, 0.3) is 0 Å². The van der Waals surface area contributed by atoms with E-state index >= 15 is 0 Å². The number of anilines is 1. The molecule has 0 bridgehead atoms. The van der Waals surface area contributed by atoms with Crippen LogP contribution in [-0.2, 0) is 11.0 Å². The Morgan fingerprint density at radius 3 is 2.50 bits per heavy atom. The number of amides is 1. The van der Waals surface area contributed by atoms with Crippen LogP contribution in [0.3, 0.4) is 0 Å². The minimum atomic E-state index is -4.41. The van der Waals surface area contributed by atoms with Gasteiger partial charge in [-0.1, -0.05) is 36.4 Å². The molecule has 0 saturated carbocycles. The average Bonchev–Trinajstić information content (AvgIpc) is 2.73. The zero-order chi connectivity index (χ0) is 14.3. The number of hydrogen-bond acceptors (Lipinski definition) is 1. The quantitative estimate of drug-likeness (QED) is 0.844. The van der Waals surface area contributed by atoms with Gasteiger partial charge in [-0.2, -0.15) is 13.2 Å². The van der Waals surface area contributed by atoms with Crippen molar-refractivity contribution < 1.29 is 18.0 Å². The van der Waals surface area contributed by atoms with Gasteiger partial charge in [0.2, 0.25) is 5.91 Å². The average molecular weight is 277 g/mol. The molecule has 0 radical (unpaired) electrons. The molecule has 1 N–H and O–H groups in total. The van der Waals surface area contributed by atoms with Gasteiger partial charge in [-0.05, 0) is 23.3 Å². The second kappa shape index (κ2) is 4.37. The van der Waals surface area contributed by atoms with Gasteiger partial charge < -0.3 is 5.32 Å². The van der Waals surface area contributed by atoms with E-state index in [1.807, 2.05) is 0 Å². The van der Waals surface area contributed by atoms with Crippen molar-refractivity contribution >= 4 is 11.6 Å². The number of rotatable bonds is 1. The summed E-state index contributed by atoms with van der Waals surface area (Å²) in [7, 11) is 0. The number of para-hydroxylation sites is 1. The van der Waals surface area contributed by atoms with Gasteiger partial charge in [0, 0.05) is 5.69 Å². The Morgan fingerprint density at radius 2 is 1.75 bits per heavy atom. The molecule has 2 aromatic rings. The molecule has 1 aliphatic heterocycles. The Balaban J connectivity index is 2.08. The minimum Gasteiger partial charge on any atom is -0.325 e. The van der Waals surface area contributed by atoms with Crippen LogP contribution in [0.15, 0.2) is 48.5 Å². The third-order valence-corrected chi connectivity index (χ3v) is 3.34. The summed E-state index contributed by atoms with van der Waals surface area (Å²) in [6.07, 6.45) is -4.41. The van der Waals surface area contributed by atoms with E-state index in [4.69, 9.17) is 0 Å². The molecule has 3 rings (SSSR count). The first-order valence-corrected chi connectivity index (χ1v) is 6.04. The monoisotopic (exact) mass is 277 g/mol. The van der Waals surface area contributed by atoms with Gasteiger partial charge in [0.1, 0.15) is 0 Å². The van der Waals surface area contributed by atoms with Gasteiger partial charge in [-0.25, -0.2) is 0 Å². The molecular formula is C15H10F3NO. The molecule has 0 aromatic heterocycles. The highest BCUT2D eigenvalue weighted by atomic mass is 19.4. The lowest BCUT2D eigenvalue weighted by Gasteiger charge is -2.12. The van der Waals surface area contributed by atoms with Crippen molar-refractivity contribution in [3.63, 3.8) is 0 Å². The van der Waals surface area contributed by atoms with Crippen LogP contribution in [0.1, 0.15) is 22.6 Å². The highest BCUT2D eigenvalue weighted by Gasteiger charge is 2.35. The molecule has 1 atom stereocenters. The van der Waals surface area contributed by atoms with Crippen LogP contribution in [0.4, 0.5) is 18.9 Å². The van der Waals surface area contributed by atoms with Crippen LogP contribution >= 0.6 is 0 Å². The van der Waals surface area contributed by atoms with E-state index in [1.165, 1.54) is 6.07 Å². The van der Waals surface area contributed by atoms with Gasteiger partial charge in [0.05, 0.1) is 11.5 Å². The van der Waals surface area contributed by atoms with Gasteiger partial charge in [-0.15, -0.1) is 0 Å². The lowest BCUT2D eigenvalue weighted by Crippen LogP contribution is -2.14. The Bertz CT molecular complexity index is 679. The summed E-state index contributed by atoms with van der Waals surface area (Å²) in [5.74, 6) is -0.987. The van der Waals surface area contributed by atoms with Crippen molar-refractivity contribution in [2.24, 2.45) is 0 Å². The highest BCUT2D eigenvalue weighted by molar-refractivity contribution is 6.05. The molecule has 1 heterocycles. The molecule has 0 spiro atoms. The second-order valence-electron chi connectivity index (χ2n) is 4.63. The van der Waals surface area contributed by atoms with Crippen molar-refractivity contribution in [1.82, 2.24) is 0 Å². The van der Waals surface area contributed by atoms with Crippen LogP contribution in [0.5, 0.6) is 0 Å². The normalized spacial score (nSPS) is 17.8. The molecule has 5 heteroatoms. The van der Waals surface area contributed by atoms with Crippen molar-refractivity contribution in [2.45, 2.75) is 12.1 Å². The Kier molecular flexibility index (Phi) is 2.78. The Hall–Kier alpha value is -2.30. The van der Waals surface area contributed by atoms with Gasteiger partial charge in [-0.3, -0.25) is 4.79 Å². The smallest absolute Gasteiger partial charge is 0.325 e. The van der Waals surface area contributed by atoms with Gasteiger partial charge in [0.15, 0.2) is 0 Å². The maximum absolute atomic E-state index is 12.7. The third kappa shape index (κ3) is 2.05. The topological polar surface area (TPSA) is 29.1 Å². The molecule has 0 fully saturated rings. The standard InChI is InChI=1S/C15H10F3NO/c16-15(17,18)10-5-3-4-9(8-10)13-11-6-1-2-7-12(11)19-14(13)20/h1-8,13H,(H,19,20). The number of alkyl halides is 3. The molecule has 20 heavy (non-hydrogen) atoms. The van der Waals surface area contributed by atoms with Crippen LogP contribution in [0, 0.1) is 0 Å². The summed E-state index contributed by atoms with van der Waals surface area (Å²) in [4.78, 5) is 12.0.